The van der Waals surface area contributed by atoms with Gasteiger partial charge in [-0.3, -0.25) is 0 Å². The molecular weight excluding hydrogens is 352 g/mol. The Morgan fingerprint density at radius 1 is 1.11 bits per heavy atom. The van der Waals surface area contributed by atoms with Crippen LogP contribution in [0.15, 0.2) is 65.8 Å². The smallest absolute Gasteiger partial charge is 0.408 e. The van der Waals surface area contributed by atoms with E-state index in [4.69, 9.17) is 9.57 Å². The Morgan fingerprint density at radius 3 is 2.32 bits per heavy atom. The van der Waals surface area contributed by atoms with E-state index in [0.717, 1.165) is 17.7 Å². The van der Waals surface area contributed by atoms with Gasteiger partial charge in [0.25, 0.3) is 0 Å². The first kappa shape index (κ1) is 19.9. The molecule has 0 bridgehead atoms. The number of alkyl carbamates (subject to hydrolysis) is 1. The van der Waals surface area contributed by atoms with Crippen LogP contribution in [0.1, 0.15) is 38.3 Å². The van der Waals surface area contributed by atoms with Crippen LogP contribution in [-0.4, -0.2) is 29.6 Å². The Balaban J connectivity index is 1.66. The molecule has 0 saturated heterocycles. The molecule has 0 radical (unpaired) electrons. The fourth-order valence-corrected chi connectivity index (χ4v) is 3.20. The largest absolute Gasteiger partial charge is 0.444 e. The minimum Gasteiger partial charge on any atom is -0.444 e. The SMILES string of the molecule is CC(C)(C)OC(=O)N[C@@H](Cc1ccccc1)[C@@H]1CC(Cc2ccccc2)=NO1. The van der Waals surface area contributed by atoms with Crippen molar-refractivity contribution in [3.63, 3.8) is 0 Å². The fourth-order valence-electron chi connectivity index (χ4n) is 3.20. The number of hydrogen-bond acceptors (Lipinski definition) is 4. The molecular formula is C23H28N2O3. The first-order chi connectivity index (χ1) is 13.4. The molecule has 5 nitrogen and oxygen atoms in total. The Morgan fingerprint density at radius 2 is 1.71 bits per heavy atom. The summed E-state index contributed by atoms with van der Waals surface area (Å²) in [4.78, 5) is 18.1. The molecule has 2 aromatic carbocycles. The van der Waals surface area contributed by atoms with Gasteiger partial charge in [-0.15, -0.1) is 0 Å². The van der Waals surface area contributed by atoms with E-state index in [-0.39, 0.29) is 12.1 Å². The second kappa shape index (κ2) is 8.91. The Bertz CT molecular complexity index is 798. The molecule has 2 aromatic rings. The molecule has 28 heavy (non-hydrogen) atoms. The van der Waals surface area contributed by atoms with E-state index in [1.54, 1.807) is 0 Å². The molecule has 1 N–H and O–H groups in total. The van der Waals surface area contributed by atoms with Crippen molar-refractivity contribution < 1.29 is 14.4 Å². The number of carbonyl (C=O) groups is 1. The molecule has 0 aromatic heterocycles. The minimum atomic E-state index is -0.549. The van der Waals surface area contributed by atoms with Crippen molar-refractivity contribution in [2.24, 2.45) is 5.16 Å². The summed E-state index contributed by atoms with van der Waals surface area (Å²) < 4.78 is 5.44. The zero-order valence-electron chi connectivity index (χ0n) is 16.7. The zero-order chi connectivity index (χ0) is 20.0. The Labute approximate surface area is 166 Å². The van der Waals surface area contributed by atoms with Crippen LogP contribution < -0.4 is 5.32 Å². The van der Waals surface area contributed by atoms with Crippen molar-refractivity contribution in [2.45, 2.75) is 57.8 Å². The van der Waals surface area contributed by atoms with Crippen LogP contribution in [0.3, 0.4) is 0 Å². The molecule has 0 unspecified atom stereocenters. The average Bonchev–Trinajstić information content (AvgIpc) is 3.10. The number of amides is 1. The van der Waals surface area contributed by atoms with E-state index in [1.807, 2.05) is 69.3 Å². The number of ether oxygens (including phenoxy) is 1. The number of carbonyl (C=O) groups excluding carboxylic acids is 1. The number of benzene rings is 2. The van der Waals surface area contributed by atoms with Crippen LogP contribution in [0.5, 0.6) is 0 Å². The first-order valence-corrected chi connectivity index (χ1v) is 9.68. The van der Waals surface area contributed by atoms with Gasteiger partial charge >= 0.3 is 6.09 Å². The van der Waals surface area contributed by atoms with Gasteiger partial charge in [-0.1, -0.05) is 65.8 Å². The zero-order valence-corrected chi connectivity index (χ0v) is 16.7. The molecule has 1 aliphatic heterocycles. The van der Waals surface area contributed by atoms with Gasteiger partial charge in [-0.25, -0.2) is 4.79 Å². The van der Waals surface area contributed by atoms with Crippen LogP contribution in [0.2, 0.25) is 0 Å². The first-order valence-electron chi connectivity index (χ1n) is 9.68. The van der Waals surface area contributed by atoms with Crippen LogP contribution in [0, 0.1) is 0 Å². The van der Waals surface area contributed by atoms with Crippen molar-refractivity contribution >= 4 is 11.8 Å². The molecule has 2 atom stereocenters. The summed E-state index contributed by atoms with van der Waals surface area (Å²) in [5, 5.41) is 7.27. The normalized spacial score (nSPS) is 17.4. The number of hydrogen-bond donors (Lipinski definition) is 1. The monoisotopic (exact) mass is 380 g/mol. The Kier molecular flexibility index (Phi) is 6.34. The molecule has 3 rings (SSSR count). The summed E-state index contributed by atoms with van der Waals surface area (Å²) in [7, 11) is 0. The van der Waals surface area contributed by atoms with Crippen molar-refractivity contribution in [3.05, 3.63) is 71.8 Å². The maximum absolute atomic E-state index is 12.4. The highest BCUT2D eigenvalue weighted by Gasteiger charge is 2.32. The van der Waals surface area contributed by atoms with E-state index in [9.17, 15) is 4.79 Å². The molecule has 0 saturated carbocycles. The van der Waals surface area contributed by atoms with E-state index in [0.29, 0.717) is 12.8 Å². The van der Waals surface area contributed by atoms with Gasteiger partial charge in [0.05, 0.1) is 11.8 Å². The highest BCUT2D eigenvalue weighted by atomic mass is 16.6. The number of nitrogens with zero attached hydrogens (tertiary/aromatic N) is 1. The summed E-state index contributed by atoms with van der Waals surface area (Å²) >= 11 is 0. The van der Waals surface area contributed by atoms with Gasteiger partial charge in [-0.05, 0) is 38.3 Å². The lowest BCUT2D eigenvalue weighted by atomic mass is 9.96. The van der Waals surface area contributed by atoms with Crippen molar-refractivity contribution in [2.75, 3.05) is 0 Å². The molecule has 0 aliphatic carbocycles. The molecule has 5 heteroatoms. The number of rotatable bonds is 6. The predicted octanol–water partition coefficient (Wildman–Crippen LogP) is 4.51. The summed E-state index contributed by atoms with van der Waals surface area (Å²) in [6, 6.07) is 20.0. The van der Waals surface area contributed by atoms with Gasteiger partial charge in [0, 0.05) is 12.8 Å². The third-order valence-electron chi connectivity index (χ3n) is 4.45. The van der Waals surface area contributed by atoms with Crippen LogP contribution >= 0.6 is 0 Å². The lowest BCUT2D eigenvalue weighted by molar-refractivity contribution is 0.0295. The summed E-state index contributed by atoms with van der Waals surface area (Å²) in [5.41, 5.74) is 2.77. The average molecular weight is 380 g/mol. The standard InChI is InChI=1S/C23H28N2O3/c1-23(2,3)27-22(26)24-20(15-18-12-8-5-9-13-18)21-16-19(25-28-21)14-17-10-6-4-7-11-17/h4-13,20-21H,14-16H2,1-3H3,(H,24,26)/t20-,21-/m0/s1. The quantitative estimate of drug-likeness (QED) is 0.802. The van der Waals surface area contributed by atoms with E-state index in [2.05, 4.69) is 22.6 Å². The molecule has 1 aliphatic rings. The molecule has 1 amide bonds. The molecule has 0 fully saturated rings. The summed E-state index contributed by atoms with van der Waals surface area (Å²) in [5.74, 6) is 0. The summed E-state index contributed by atoms with van der Waals surface area (Å²) in [6.45, 7) is 5.56. The van der Waals surface area contributed by atoms with Gasteiger partial charge < -0.3 is 14.9 Å². The number of oxime groups is 1. The summed E-state index contributed by atoms with van der Waals surface area (Å²) in [6.07, 6.45) is 1.43. The highest BCUT2D eigenvalue weighted by Crippen LogP contribution is 2.20. The van der Waals surface area contributed by atoms with Crippen molar-refractivity contribution in [3.8, 4) is 0 Å². The Hall–Kier alpha value is -2.82. The highest BCUT2D eigenvalue weighted by molar-refractivity contribution is 5.87. The second-order valence-electron chi connectivity index (χ2n) is 8.11. The second-order valence-corrected chi connectivity index (χ2v) is 8.11. The molecule has 148 valence electrons. The topological polar surface area (TPSA) is 59.9 Å². The van der Waals surface area contributed by atoms with Crippen molar-refractivity contribution in [1.29, 1.82) is 0 Å². The van der Waals surface area contributed by atoms with Gasteiger partial charge in [0.15, 0.2) is 6.10 Å². The minimum absolute atomic E-state index is 0.216. The molecule has 1 heterocycles. The van der Waals surface area contributed by atoms with E-state index in [1.165, 1.54) is 5.56 Å². The number of nitrogens with one attached hydrogen (secondary N) is 1. The van der Waals surface area contributed by atoms with Crippen molar-refractivity contribution in [1.82, 2.24) is 5.32 Å². The predicted molar refractivity (Wildman–Crippen MR) is 110 cm³/mol. The maximum atomic E-state index is 12.4. The van der Waals surface area contributed by atoms with E-state index >= 15 is 0 Å². The lowest BCUT2D eigenvalue weighted by Gasteiger charge is -2.26. The van der Waals surface area contributed by atoms with Crippen LogP contribution in [-0.2, 0) is 22.4 Å². The van der Waals surface area contributed by atoms with Crippen LogP contribution in [0.25, 0.3) is 0 Å². The van der Waals surface area contributed by atoms with Crippen LogP contribution in [0.4, 0.5) is 4.79 Å². The van der Waals surface area contributed by atoms with Gasteiger partial charge in [-0.2, -0.15) is 0 Å². The molecule has 0 spiro atoms. The van der Waals surface area contributed by atoms with Gasteiger partial charge in [0.2, 0.25) is 0 Å². The van der Waals surface area contributed by atoms with E-state index < -0.39 is 11.7 Å². The maximum Gasteiger partial charge on any atom is 0.408 e. The third-order valence-corrected chi connectivity index (χ3v) is 4.45. The lowest BCUT2D eigenvalue weighted by Crippen LogP contribution is -2.46. The third kappa shape index (κ3) is 6.12. The fraction of sp³-hybridized carbons (Fsp3) is 0.391. The van der Waals surface area contributed by atoms with Gasteiger partial charge in [0.1, 0.15) is 5.60 Å².